The molecule has 0 amide bonds. The van der Waals surface area contributed by atoms with Gasteiger partial charge in [-0.3, -0.25) is 0 Å². The molecule has 0 N–H and O–H groups in total. The van der Waals surface area contributed by atoms with Crippen LogP contribution in [-0.2, 0) is 12.6 Å². The molecule has 0 unspecified atom stereocenters. The first-order valence-electron chi connectivity index (χ1n) is 10.3. The number of nitrogens with zero attached hydrogens (tertiary/aromatic N) is 5. The molecule has 0 bridgehead atoms. The molecule has 164 valence electrons. The average Bonchev–Trinajstić information content (AvgIpc) is 3.37. The lowest BCUT2D eigenvalue weighted by atomic mass is 10.1. The summed E-state index contributed by atoms with van der Waals surface area (Å²) >= 11 is 0. The minimum absolute atomic E-state index is 0.0439. The number of hydrogen-bond donors (Lipinski definition) is 0. The maximum absolute atomic E-state index is 13.3. The fourth-order valence-corrected chi connectivity index (χ4v) is 4.20. The van der Waals surface area contributed by atoms with Crippen LogP contribution in [0.3, 0.4) is 0 Å². The number of anilines is 1. The molecular weight excluding hydrogens is 411 g/mol. The van der Waals surface area contributed by atoms with Gasteiger partial charge in [-0.1, -0.05) is 0 Å². The van der Waals surface area contributed by atoms with E-state index in [2.05, 4.69) is 15.3 Å². The summed E-state index contributed by atoms with van der Waals surface area (Å²) in [6.07, 6.45) is -2.18. The molecule has 0 saturated carbocycles. The number of fused-ring (bicyclic) bond motifs is 2. The SMILES string of the molecule is Cc1c(N2CCC(Oc3ccc4c(c3)CCO4)CC2)nn2c(C(F)(F)F)nnc2c1C. The predicted molar refractivity (Wildman–Crippen MR) is 107 cm³/mol. The molecule has 3 aromatic rings. The number of rotatable bonds is 3. The van der Waals surface area contributed by atoms with Crippen LogP contribution in [-0.4, -0.2) is 45.6 Å². The van der Waals surface area contributed by atoms with Gasteiger partial charge < -0.3 is 14.4 Å². The summed E-state index contributed by atoms with van der Waals surface area (Å²) < 4.78 is 52.4. The van der Waals surface area contributed by atoms with Crippen molar-refractivity contribution in [1.29, 1.82) is 0 Å². The monoisotopic (exact) mass is 433 g/mol. The molecule has 0 atom stereocenters. The van der Waals surface area contributed by atoms with E-state index in [1.807, 2.05) is 30.0 Å². The molecule has 1 fully saturated rings. The van der Waals surface area contributed by atoms with Crippen molar-refractivity contribution in [1.82, 2.24) is 19.8 Å². The van der Waals surface area contributed by atoms with Crippen LogP contribution in [0, 0.1) is 13.8 Å². The van der Waals surface area contributed by atoms with Gasteiger partial charge in [0.05, 0.1) is 6.61 Å². The van der Waals surface area contributed by atoms with Gasteiger partial charge >= 0.3 is 6.18 Å². The first-order valence-corrected chi connectivity index (χ1v) is 10.3. The minimum atomic E-state index is -4.62. The summed E-state index contributed by atoms with van der Waals surface area (Å²) in [6, 6.07) is 5.89. The maximum atomic E-state index is 13.3. The minimum Gasteiger partial charge on any atom is -0.493 e. The Morgan fingerprint density at radius 3 is 2.61 bits per heavy atom. The summed E-state index contributed by atoms with van der Waals surface area (Å²) in [4.78, 5) is 2.01. The van der Waals surface area contributed by atoms with Crippen LogP contribution in [0.25, 0.3) is 5.65 Å². The summed E-state index contributed by atoms with van der Waals surface area (Å²) in [6.45, 7) is 5.59. The number of halogens is 3. The maximum Gasteiger partial charge on any atom is 0.453 e. The van der Waals surface area contributed by atoms with Crippen LogP contribution in [0.5, 0.6) is 11.5 Å². The number of benzene rings is 1. The lowest BCUT2D eigenvalue weighted by Crippen LogP contribution is -2.39. The van der Waals surface area contributed by atoms with Gasteiger partial charge in [-0.2, -0.15) is 17.7 Å². The Hall–Kier alpha value is -3.04. The van der Waals surface area contributed by atoms with Crippen molar-refractivity contribution >= 4 is 11.5 Å². The lowest BCUT2D eigenvalue weighted by Gasteiger charge is -2.34. The van der Waals surface area contributed by atoms with Crippen molar-refractivity contribution in [3.8, 4) is 11.5 Å². The van der Waals surface area contributed by atoms with Crippen LogP contribution in [0.1, 0.15) is 35.4 Å². The molecule has 0 radical (unpaired) electrons. The largest absolute Gasteiger partial charge is 0.493 e. The zero-order valence-corrected chi connectivity index (χ0v) is 17.2. The van der Waals surface area contributed by atoms with E-state index in [1.165, 1.54) is 0 Å². The van der Waals surface area contributed by atoms with Crippen molar-refractivity contribution in [2.75, 3.05) is 24.6 Å². The topological polar surface area (TPSA) is 64.8 Å². The zero-order valence-electron chi connectivity index (χ0n) is 17.2. The smallest absolute Gasteiger partial charge is 0.453 e. The van der Waals surface area contributed by atoms with Crippen LogP contribution in [0.2, 0.25) is 0 Å². The molecule has 10 heteroatoms. The number of piperidine rings is 1. The van der Waals surface area contributed by atoms with Crippen molar-refractivity contribution in [3.05, 3.63) is 40.7 Å². The van der Waals surface area contributed by atoms with Crippen molar-refractivity contribution in [3.63, 3.8) is 0 Å². The predicted octanol–water partition coefficient (Wildman–Crippen LogP) is 3.74. The fraction of sp³-hybridized carbons (Fsp3) is 0.476. The van der Waals surface area contributed by atoms with E-state index in [0.717, 1.165) is 46.4 Å². The molecule has 5 rings (SSSR count). The third-order valence-electron chi connectivity index (χ3n) is 6.03. The number of aryl methyl sites for hydroxylation is 1. The Balaban J connectivity index is 1.34. The standard InChI is InChI=1S/C21H22F3N5O2/c1-12-13(2)19(27-29-18(12)25-26-20(29)21(22,23)24)28-8-5-15(6-9-28)31-16-3-4-17-14(11-16)7-10-30-17/h3-4,11,15H,5-10H2,1-2H3. The molecule has 0 aliphatic carbocycles. The van der Waals surface area contributed by atoms with Gasteiger partial charge in [-0.25, -0.2) is 0 Å². The third kappa shape index (κ3) is 3.53. The highest BCUT2D eigenvalue weighted by Gasteiger charge is 2.38. The van der Waals surface area contributed by atoms with Gasteiger partial charge in [0.2, 0.25) is 0 Å². The van der Waals surface area contributed by atoms with E-state index in [4.69, 9.17) is 9.47 Å². The van der Waals surface area contributed by atoms with Gasteiger partial charge in [0.15, 0.2) is 11.5 Å². The highest BCUT2D eigenvalue weighted by Crippen LogP contribution is 2.33. The van der Waals surface area contributed by atoms with Crippen molar-refractivity contribution < 1.29 is 22.6 Å². The summed E-state index contributed by atoms with van der Waals surface area (Å²) in [5, 5.41) is 11.3. The highest BCUT2D eigenvalue weighted by atomic mass is 19.4. The molecule has 31 heavy (non-hydrogen) atoms. The fourth-order valence-electron chi connectivity index (χ4n) is 4.20. The first-order chi connectivity index (χ1) is 14.8. The van der Waals surface area contributed by atoms with Crippen LogP contribution in [0.15, 0.2) is 18.2 Å². The quantitative estimate of drug-likeness (QED) is 0.627. The molecule has 2 aliphatic rings. The third-order valence-corrected chi connectivity index (χ3v) is 6.03. The highest BCUT2D eigenvalue weighted by molar-refractivity contribution is 5.59. The molecule has 1 aromatic carbocycles. The lowest BCUT2D eigenvalue weighted by molar-refractivity contribution is -0.146. The molecule has 1 saturated heterocycles. The Morgan fingerprint density at radius 2 is 1.87 bits per heavy atom. The van der Waals surface area contributed by atoms with Gasteiger partial charge in [0, 0.05) is 49.0 Å². The van der Waals surface area contributed by atoms with E-state index in [9.17, 15) is 13.2 Å². The van der Waals surface area contributed by atoms with E-state index in [1.54, 1.807) is 6.92 Å². The molecule has 4 heterocycles. The molecule has 2 aliphatic heterocycles. The Labute approximate surface area is 176 Å². The van der Waals surface area contributed by atoms with Crippen LogP contribution in [0.4, 0.5) is 19.0 Å². The van der Waals surface area contributed by atoms with E-state index < -0.39 is 12.0 Å². The van der Waals surface area contributed by atoms with Crippen molar-refractivity contribution in [2.45, 2.75) is 45.4 Å². The van der Waals surface area contributed by atoms with Gasteiger partial charge in [0.1, 0.15) is 17.6 Å². The molecule has 7 nitrogen and oxygen atoms in total. The van der Waals surface area contributed by atoms with E-state index >= 15 is 0 Å². The number of hydrogen-bond acceptors (Lipinski definition) is 6. The second-order valence-electron chi connectivity index (χ2n) is 8.00. The second-order valence-corrected chi connectivity index (χ2v) is 8.00. The van der Waals surface area contributed by atoms with E-state index in [0.29, 0.717) is 31.1 Å². The average molecular weight is 433 g/mol. The van der Waals surface area contributed by atoms with Crippen molar-refractivity contribution in [2.24, 2.45) is 0 Å². The summed E-state index contributed by atoms with van der Waals surface area (Å²) in [5.41, 5.74) is 2.75. The Kier molecular flexibility index (Phi) is 4.67. The second kappa shape index (κ2) is 7.28. The Bertz CT molecular complexity index is 1140. The van der Waals surface area contributed by atoms with E-state index in [-0.39, 0.29) is 11.8 Å². The number of ether oxygens (including phenoxy) is 2. The normalized spacial score (nSPS) is 17.1. The number of aromatic nitrogens is 4. The first kappa shape index (κ1) is 19.9. The molecular formula is C21H22F3N5O2. The zero-order chi connectivity index (χ0) is 21.8. The summed E-state index contributed by atoms with van der Waals surface area (Å²) in [5.74, 6) is 1.17. The van der Waals surface area contributed by atoms with Crippen LogP contribution < -0.4 is 14.4 Å². The van der Waals surface area contributed by atoms with Gasteiger partial charge in [-0.05, 0) is 32.0 Å². The van der Waals surface area contributed by atoms with Gasteiger partial charge in [0.25, 0.3) is 5.82 Å². The van der Waals surface area contributed by atoms with Gasteiger partial charge in [-0.15, -0.1) is 15.3 Å². The number of alkyl halides is 3. The Morgan fingerprint density at radius 1 is 1.10 bits per heavy atom. The summed E-state index contributed by atoms with van der Waals surface area (Å²) in [7, 11) is 0. The molecule has 2 aromatic heterocycles. The molecule has 0 spiro atoms. The van der Waals surface area contributed by atoms with Crippen LogP contribution >= 0.6 is 0 Å².